The lowest BCUT2D eigenvalue weighted by molar-refractivity contribution is 0.121. The zero-order chi connectivity index (χ0) is 12.2. The largest absolute Gasteiger partial charge is 0.313 e. The molecule has 1 aliphatic heterocycles. The second-order valence-electron chi connectivity index (χ2n) is 6.00. The standard InChI is InChI=1S/C14H30N2/c1-6-12-8-9-15-13(10-12)11-16(5)14(3,4)7-2/h12-13,15H,6-11H2,1-5H3. The molecule has 2 nitrogen and oxygen atoms in total. The van der Waals surface area contributed by atoms with E-state index in [1.807, 2.05) is 0 Å². The maximum atomic E-state index is 3.67. The van der Waals surface area contributed by atoms with Crippen molar-refractivity contribution in [1.82, 2.24) is 10.2 Å². The van der Waals surface area contributed by atoms with Gasteiger partial charge < -0.3 is 5.32 Å². The van der Waals surface area contributed by atoms with Crippen LogP contribution in [-0.4, -0.2) is 36.6 Å². The Balaban J connectivity index is 2.41. The molecule has 1 N–H and O–H groups in total. The molecule has 96 valence electrons. The van der Waals surface area contributed by atoms with Gasteiger partial charge in [0, 0.05) is 18.1 Å². The van der Waals surface area contributed by atoms with Crippen LogP contribution in [0.15, 0.2) is 0 Å². The van der Waals surface area contributed by atoms with E-state index in [4.69, 9.17) is 0 Å². The highest BCUT2D eigenvalue weighted by atomic mass is 15.2. The van der Waals surface area contributed by atoms with Crippen molar-refractivity contribution in [1.29, 1.82) is 0 Å². The summed E-state index contributed by atoms with van der Waals surface area (Å²) < 4.78 is 0. The van der Waals surface area contributed by atoms with Gasteiger partial charge in [0.25, 0.3) is 0 Å². The summed E-state index contributed by atoms with van der Waals surface area (Å²) in [6.07, 6.45) is 5.29. The van der Waals surface area contributed by atoms with E-state index in [-0.39, 0.29) is 0 Å². The van der Waals surface area contributed by atoms with E-state index in [1.54, 1.807) is 0 Å². The first kappa shape index (κ1) is 14.0. The van der Waals surface area contributed by atoms with E-state index in [0.717, 1.165) is 5.92 Å². The molecule has 1 saturated heterocycles. The van der Waals surface area contributed by atoms with Crippen LogP contribution in [0.25, 0.3) is 0 Å². The predicted molar refractivity (Wildman–Crippen MR) is 71.8 cm³/mol. The molecular weight excluding hydrogens is 196 g/mol. The molecule has 0 radical (unpaired) electrons. The Bertz CT molecular complexity index is 201. The van der Waals surface area contributed by atoms with E-state index in [9.17, 15) is 0 Å². The molecule has 0 spiro atoms. The molecule has 2 heteroatoms. The number of piperidine rings is 1. The van der Waals surface area contributed by atoms with Gasteiger partial charge in [-0.05, 0) is 52.6 Å². The summed E-state index contributed by atoms with van der Waals surface area (Å²) in [5.41, 5.74) is 0.334. The fraction of sp³-hybridized carbons (Fsp3) is 1.00. The Hall–Kier alpha value is -0.0800. The van der Waals surface area contributed by atoms with E-state index < -0.39 is 0 Å². The third-order valence-electron chi connectivity index (χ3n) is 4.57. The van der Waals surface area contributed by atoms with Gasteiger partial charge in [-0.1, -0.05) is 20.3 Å². The molecule has 0 aromatic carbocycles. The minimum absolute atomic E-state index is 0.334. The van der Waals surface area contributed by atoms with Crippen LogP contribution < -0.4 is 5.32 Å². The van der Waals surface area contributed by atoms with E-state index in [0.29, 0.717) is 11.6 Å². The summed E-state index contributed by atoms with van der Waals surface area (Å²) >= 11 is 0. The van der Waals surface area contributed by atoms with Gasteiger partial charge in [0.1, 0.15) is 0 Å². The molecule has 2 unspecified atom stereocenters. The quantitative estimate of drug-likeness (QED) is 0.775. The molecule has 1 fully saturated rings. The molecule has 2 atom stereocenters. The Morgan fingerprint density at radius 1 is 1.31 bits per heavy atom. The van der Waals surface area contributed by atoms with Gasteiger partial charge >= 0.3 is 0 Å². The summed E-state index contributed by atoms with van der Waals surface area (Å²) in [5.74, 6) is 0.949. The Morgan fingerprint density at radius 3 is 2.56 bits per heavy atom. The fourth-order valence-corrected chi connectivity index (χ4v) is 2.45. The van der Waals surface area contributed by atoms with Gasteiger partial charge in [0.15, 0.2) is 0 Å². The van der Waals surface area contributed by atoms with Crippen LogP contribution in [0, 0.1) is 5.92 Å². The summed E-state index contributed by atoms with van der Waals surface area (Å²) in [7, 11) is 2.26. The highest BCUT2D eigenvalue weighted by Gasteiger charge is 2.26. The minimum Gasteiger partial charge on any atom is -0.313 e. The molecule has 0 aliphatic carbocycles. The number of hydrogen-bond acceptors (Lipinski definition) is 2. The first-order valence-corrected chi connectivity index (χ1v) is 6.94. The smallest absolute Gasteiger partial charge is 0.0197 e. The number of nitrogens with zero attached hydrogens (tertiary/aromatic N) is 1. The Morgan fingerprint density at radius 2 is 2.00 bits per heavy atom. The summed E-state index contributed by atoms with van der Waals surface area (Å²) in [6, 6.07) is 0.703. The zero-order valence-electron chi connectivity index (χ0n) is 11.8. The van der Waals surface area contributed by atoms with Crippen LogP contribution in [0.1, 0.15) is 53.4 Å². The van der Waals surface area contributed by atoms with Gasteiger partial charge in [0.2, 0.25) is 0 Å². The third-order valence-corrected chi connectivity index (χ3v) is 4.57. The lowest BCUT2D eigenvalue weighted by atomic mass is 9.89. The van der Waals surface area contributed by atoms with Gasteiger partial charge in [-0.25, -0.2) is 0 Å². The molecule has 1 rings (SSSR count). The van der Waals surface area contributed by atoms with Crippen LogP contribution >= 0.6 is 0 Å². The molecule has 1 aliphatic rings. The van der Waals surface area contributed by atoms with Crippen molar-refractivity contribution in [3.63, 3.8) is 0 Å². The third kappa shape index (κ3) is 3.74. The summed E-state index contributed by atoms with van der Waals surface area (Å²) in [6.45, 7) is 11.7. The molecule has 0 aromatic heterocycles. The lowest BCUT2D eigenvalue weighted by Crippen LogP contribution is -2.50. The molecule has 16 heavy (non-hydrogen) atoms. The second-order valence-corrected chi connectivity index (χ2v) is 6.00. The van der Waals surface area contributed by atoms with E-state index in [1.165, 1.54) is 38.8 Å². The zero-order valence-corrected chi connectivity index (χ0v) is 11.8. The number of likely N-dealkylation sites (N-methyl/N-ethyl adjacent to an activating group) is 1. The highest BCUT2D eigenvalue weighted by molar-refractivity contribution is 4.85. The first-order valence-electron chi connectivity index (χ1n) is 6.94. The second kappa shape index (κ2) is 6.02. The lowest BCUT2D eigenvalue weighted by Gasteiger charge is -2.39. The van der Waals surface area contributed by atoms with Gasteiger partial charge in [-0.2, -0.15) is 0 Å². The Labute approximate surface area is 102 Å². The number of hydrogen-bond donors (Lipinski definition) is 1. The van der Waals surface area contributed by atoms with Crippen LogP contribution in [0.4, 0.5) is 0 Å². The van der Waals surface area contributed by atoms with Gasteiger partial charge in [-0.15, -0.1) is 0 Å². The molecule has 0 amide bonds. The fourth-order valence-electron chi connectivity index (χ4n) is 2.45. The van der Waals surface area contributed by atoms with Crippen LogP contribution in [0.3, 0.4) is 0 Å². The highest BCUT2D eigenvalue weighted by Crippen LogP contribution is 2.22. The monoisotopic (exact) mass is 226 g/mol. The van der Waals surface area contributed by atoms with Crippen molar-refractivity contribution in [2.45, 2.75) is 65.0 Å². The molecule has 1 heterocycles. The van der Waals surface area contributed by atoms with Crippen molar-refractivity contribution in [3.8, 4) is 0 Å². The average Bonchev–Trinajstić information content (AvgIpc) is 2.29. The van der Waals surface area contributed by atoms with Crippen molar-refractivity contribution in [2.24, 2.45) is 5.92 Å². The van der Waals surface area contributed by atoms with E-state index >= 15 is 0 Å². The van der Waals surface area contributed by atoms with E-state index in [2.05, 4.69) is 45.0 Å². The van der Waals surface area contributed by atoms with Crippen molar-refractivity contribution in [2.75, 3.05) is 20.1 Å². The van der Waals surface area contributed by atoms with Crippen molar-refractivity contribution in [3.05, 3.63) is 0 Å². The van der Waals surface area contributed by atoms with Crippen LogP contribution in [0.5, 0.6) is 0 Å². The number of nitrogens with one attached hydrogen (secondary N) is 1. The summed E-state index contributed by atoms with van der Waals surface area (Å²) in [5, 5.41) is 3.67. The van der Waals surface area contributed by atoms with Crippen molar-refractivity contribution < 1.29 is 0 Å². The first-order chi connectivity index (χ1) is 7.49. The predicted octanol–water partition coefficient (Wildman–Crippen LogP) is 2.89. The summed E-state index contributed by atoms with van der Waals surface area (Å²) in [4.78, 5) is 2.52. The molecule has 0 saturated carbocycles. The van der Waals surface area contributed by atoms with Crippen molar-refractivity contribution >= 4 is 0 Å². The maximum absolute atomic E-state index is 3.67. The maximum Gasteiger partial charge on any atom is 0.0197 e. The average molecular weight is 226 g/mol. The SMILES string of the molecule is CCC1CCNC(CN(C)C(C)(C)CC)C1. The van der Waals surface area contributed by atoms with Gasteiger partial charge in [-0.3, -0.25) is 4.90 Å². The van der Waals surface area contributed by atoms with Gasteiger partial charge in [0.05, 0.1) is 0 Å². The topological polar surface area (TPSA) is 15.3 Å². The van der Waals surface area contributed by atoms with Crippen LogP contribution in [0.2, 0.25) is 0 Å². The minimum atomic E-state index is 0.334. The number of rotatable bonds is 5. The molecule has 0 aromatic rings. The Kier molecular flexibility index (Phi) is 5.26. The normalized spacial score (nSPS) is 27.4. The van der Waals surface area contributed by atoms with Crippen LogP contribution in [-0.2, 0) is 0 Å². The molecular formula is C14H30N2. The molecule has 0 bridgehead atoms.